The molecule has 20 heavy (non-hydrogen) atoms. The number of carboxylic acids is 1. The molecule has 0 radical (unpaired) electrons. The third-order valence-corrected chi connectivity index (χ3v) is 3.22. The van der Waals surface area contributed by atoms with Crippen LogP contribution in [0, 0.1) is 11.8 Å². The third-order valence-electron chi connectivity index (χ3n) is 2.91. The maximum atomic E-state index is 12.3. The molecule has 1 rings (SSSR count). The van der Waals surface area contributed by atoms with E-state index in [9.17, 15) is 9.59 Å². The van der Waals surface area contributed by atoms with Gasteiger partial charge in [-0.25, -0.2) is 0 Å². The molecule has 0 spiro atoms. The Hall–Kier alpha value is -1.55. The van der Waals surface area contributed by atoms with Crippen LogP contribution in [-0.4, -0.2) is 23.5 Å². The highest BCUT2D eigenvalue weighted by Crippen LogP contribution is 2.27. The second kappa shape index (κ2) is 7.29. The number of carbonyl (C=O) groups excluding carboxylic acids is 1. The molecule has 0 aromatic heterocycles. The van der Waals surface area contributed by atoms with Gasteiger partial charge in [0.2, 0.25) is 5.91 Å². The second-order valence-electron chi connectivity index (χ2n) is 5.29. The average Bonchev–Trinajstić information content (AvgIpc) is 2.35. The molecule has 1 aromatic rings. The van der Waals surface area contributed by atoms with Gasteiger partial charge in [0.05, 0.1) is 16.6 Å². The summed E-state index contributed by atoms with van der Waals surface area (Å²) >= 11 is 6.12. The van der Waals surface area contributed by atoms with E-state index in [0.29, 0.717) is 17.1 Å². The number of halogens is 1. The smallest absolute Gasteiger partial charge is 0.308 e. The number of anilines is 1. The summed E-state index contributed by atoms with van der Waals surface area (Å²) < 4.78 is 0. The lowest BCUT2D eigenvalue weighted by Gasteiger charge is -2.26. The van der Waals surface area contributed by atoms with Crippen LogP contribution in [0.5, 0.6) is 0 Å². The van der Waals surface area contributed by atoms with E-state index in [1.165, 1.54) is 4.90 Å². The molecule has 0 saturated heterocycles. The molecular formula is C15H20ClNO3. The van der Waals surface area contributed by atoms with Crippen LogP contribution in [0.15, 0.2) is 24.3 Å². The molecule has 1 amide bonds. The summed E-state index contributed by atoms with van der Waals surface area (Å²) in [4.78, 5) is 24.8. The van der Waals surface area contributed by atoms with Gasteiger partial charge >= 0.3 is 5.97 Å². The summed E-state index contributed by atoms with van der Waals surface area (Å²) in [6, 6.07) is 6.98. The van der Waals surface area contributed by atoms with E-state index in [2.05, 4.69) is 0 Å². The quantitative estimate of drug-likeness (QED) is 0.875. The van der Waals surface area contributed by atoms with Crippen molar-refractivity contribution in [3.63, 3.8) is 0 Å². The molecule has 0 aliphatic rings. The first-order valence-corrected chi connectivity index (χ1v) is 6.98. The van der Waals surface area contributed by atoms with Crippen LogP contribution in [0.2, 0.25) is 5.02 Å². The largest absolute Gasteiger partial charge is 0.481 e. The van der Waals surface area contributed by atoms with E-state index < -0.39 is 11.9 Å². The fraction of sp³-hybridized carbons (Fsp3) is 0.467. The minimum atomic E-state index is -0.931. The monoisotopic (exact) mass is 297 g/mol. The van der Waals surface area contributed by atoms with Crippen LogP contribution in [0.25, 0.3) is 0 Å². The lowest BCUT2D eigenvalue weighted by Crippen LogP contribution is -2.37. The van der Waals surface area contributed by atoms with Gasteiger partial charge in [0.25, 0.3) is 0 Å². The number of carbonyl (C=O) groups is 2. The number of hydrogen-bond donors (Lipinski definition) is 1. The molecule has 110 valence electrons. The lowest BCUT2D eigenvalue weighted by molar-refractivity contribution is -0.140. The van der Waals surface area contributed by atoms with Crippen LogP contribution >= 0.6 is 11.6 Å². The molecule has 0 aliphatic heterocycles. The lowest BCUT2D eigenvalue weighted by atomic mass is 10.1. The van der Waals surface area contributed by atoms with Gasteiger partial charge in [-0.05, 0) is 18.1 Å². The van der Waals surface area contributed by atoms with Crippen LogP contribution in [0.1, 0.15) is 27.2 Å². The van der Waals surface area contributed by atoms with Crippen molar-refractivity contribution in [1.82, 2.24) is 0 Å². The predicted molar refractivity (Wildman–Crippen MR) is 80.1 cm³/mol. The molecule has 1 unspecified atom stereocenters. The molecule has 1 N–H and O–H groups in total. The Labute approximate surface area is 124 Å². The third kappa shape index (κ3) is 4.53. The van der Waals surface area contributed by atoms with Crippen molar-refractivity contribution in [2.24, 2.45) is 11.8 Å². The Bertz CT molecular complexity index is 488. The van der Waals surface area contributed by atoms with Gasteiger partial charge < -0.3 is 10.0 Å². The fourth-order valence-electron chi connectivity index (χ4n) is 1.82. The van der Waals surface area contributed by atoms with Crippen molar-refractivity contribution >= 4 is 29.2 Å². The summed E-state index contributed by atoms with van der Waals surface area (Å²) in [5.74, 6) is -1.49. The fourth-order valence-corrected chi connectivity index (χ4v) is 2.05. The van der Waals surface area contributed by atoms with E-state index in [-0.39, 0.29) is 18.4 Å². The van der Waals surface area contributed by atoms with Crippen molar-refractivity contribution in [3.8, 4) is 0 Å². The van der Waals surface area contributed by atoms with Crippen LogP contribution in [0.3, 0.4) is 0 Å². The minimum absolute atomic E-state index is 0.110. The van der Waals surface area contributed by atoms with Crippen LogP contribution in [0.4, 0.5) is 5.69 Å². The standard InChI is InChI=1S/C15H20ClNO3/c1-10(2)8-14(18)17(9-11(3)15(19)20)13-7-5-4-6-12(13)16/h4-7,10-11H,8-9H2,1-3H3,(H,19,20). The molecular weight excluding hydrogens is 278 g/mol. The van der Waals surface area contributed by atoms with E-state index in [1.807, 2.05) is 13.8 Å². The van der Waals surface area contributed by atoms with E-state index in [1.54, 1.807) is 31.2 Å². The van der Waals surface area contributed by atoms with Gasteiger partial charge in [0.15, 0.2) is 0 Å². The summed E-state index contributed by atoms with van der Waals surface area (Å²) in [6.07, 6.45) is 0.359. The Balaban J connectivity index is 3.04. The zero-order valence-corrected chi connectivity index (χ0v) is 12.7. The molecule has 0 bridgehead atoms. The number of rotatable bonds is 6. The molecule has 4 nitrogen and oxygen atoms in total. The van der Waals surface area contributed by atoms with Crippen molar-refractivity contribution in [2.75, 3.05) is 11.4 Å². The number of para-hydroxylation sites is 1. The number of benzene rings is 1. The van der Waals surface area contributed by atoms with Crippen molar-refractivity contribution in [3.05, 3.63) is 29.3 Å². The molecule has 0 aliphatic carbocycles. The van der Waals surface area contributed by atoms with E-state index in [0.717, 1.165) is 0 Å². The molecule has 1 aromatic carbocycles. The van der Waals surface area contributed by atoms with Gasteiger partial charge in [0.1, 0.15) is 0 Å². The van der Waals surface area contributed by atoms with Gasteiger partial charge in [0, 0.05) is 13.0 Å². The maximum Gasteiger partial charge on any atom is 0.308 e. The Morgan fingerprint density at radius 1 is 1.25 bits per heavy atom. The SMILES string of the molecule is CC(C)CC(=O)N(CC(C)C(=O)O)c1ccccc1Cl. The molecule has 5 heteroatoms. The number of hydrogen-bond acceptors (Lipinski definition) is 2. The molecule has 0 fully saturated rings. The van der Waals surface area contributed by atoms with Crippen molar-refractivity contribution in [1.29, 1.82) is 0 Å². The molecule has 0 heterocycles. The van der Waals surface area contributed by atoms with Crippen LogP contribution in [-0.2, 0) is 9.59 Å². The zero-order valence-electron chi connectivity index (χ0n) is 12.0. The summed E-state index contributed by atoms with van der Waals surface area (Å²) in [5, 5.41) is 9.49. The number of nitrogens with zero attached hydrogens (tertiary/aromatic N) is 1. The molecule has 1 atom stereocenters. The topological polar surface area (TPSA) is 57.6 Å². The highest BCUT2D eigenvalue weighted by atomic mass is 35.5. The minimum Gasteiger partial charge on any atom is -0.481 e. The summed E-state index contributed by atoms with van der Waals surface area (Å²) in [7, 11) is 0. The average molecular weight is 298 g/mol. The normalized spacial score (nSPS) is 12.2. The Kier molecular flexibility index (Phi) is 6.02. The summed E-state index contributed by atoms with van der Waals surface area (Å²) in [5.41, 5.74) is 0.563. The first-order valence-electron chi connectivity index (χ1n) is 6.60. The van der Waals surface area contributed by atoms with Gasteiger partial charge in [-0.15, -0.1) is 0 Å². The Morgan fingerprint density at radius 2 is 1.85 bits per heavy atom. The second-order valence-corrected chi connectivity index (χ2v) is 5.70. The predicted octanol–water partition coefficient (Wildman–Crippen LogP) is 3.44. The number of aliphatic carboxylic acids is 1. The van der Waals surface area contributed by atoms with Gasteiger partial charge in [-0.1, -0.05) is 44.5 Å². The number of amides is 1. The number of carboxylic acid groups (broad SMARTS) is 1. The van der Waals surface area contributed by atoms with E-state index in [4.69, 9.17) is 16.7 Å². The highest BCUT2D eigenvalue weighted by molar-refractivity contribution is 6.33. The highest BCUT2D eigenvalue weighted by Gasteiger charge is 2.23. The van der Waals surface area contributed by atoms with Gasteiger partial charge in [-0.2, -0.15) is 0 Å². The Morgan fingerprint density at radius 3 is 2.35 bits per heavy atom. The first kappa shape index (κ1) is 16.5. The van der Waals surface area contributed by atoms with Crippen molar-refractivity contribution < 1.29 is 14.7 Å². The molecule has 0 saturated carbocycles. The van der Waals surface area contributed by atoms with E-state index >= 15 is 0 Å². The maximum absolute atomic E-state index is 12.3. The van der Waals surface area contributed by atoms with Gasteiger partial charge in [-0.3, -0.25) is 9.59 Å². The zero-order chi connectivity index (χ0) is 15.3. The van der Waals surface area contributed by atoms with Crippen molar-refractivity contribution in [2.45, 2.75) is 27.2 Å². The first-order chi connectivity index (χ1) is 9.32. The summed E-state index contributed by atoms with van der Waals surface area (Å²) in [6.45, 7) is 5.59. The van der Waals surface area contributed by atoms with Crippen LogP contribution < -0.4 is 4.90 Å².